The minimum atomic E-state index is -0.553. The van der Waals surface area contributed by atoms with E-state index >= 15 is 0 Å². The second kappa shape index (κ2) is 7.91. The van der Waals surface area contributed by atoms with E-state index in [2.05, 4.69) is 22.3 Å². The summed E-state index contributed by atoms with van der Waals surface area (Å²) in [7, 11) is 3.51. The van der Waals surface area contributed by atoms with Crippen LogP contribution >= 0.6 is 0 Å². The van der Waals surface area contributed by atoms with Gasteiger partial charge in [-0.25, -0.2) is 0 Å². The van der Waals surface area contributed by atoms with Crippen LogP contribution in [0.4, 0.5) is 0 Å². The summed E-state index contributed by atoms with van der Waals surface area (Å²) in [5, 5.41) is 3.17. The number of carbonyl (C=O) groups excluding carboxylic acids is 3. The molecular formula is C21H30N4O3. The molecule has 3 amide bonds. The first-order valence-electron chi connectivity index (χ1n) is 9.77. The summed E-state index contributed by atoms with van der Waals surface area (Å²) in [4.78, 5) is 42.2. The molecule has 28 heavy (non-hydrogen) atoms. The fraction of sp³-hybridized carbons (Fsp3) is 0.571. The van der Waals surface area contributed by atoms with Crippen molar-refractivity contribution in [3.05, 3.63) is 35.9 Å². The number of benzene rings is 1. The summed E-state index contributed by atoms with van der Waals surface area (Å²) in [6.07, 6.45) is 0.784. The maximum atomic E-state index is 12.5. The standard InChI is InChI=1S/C21H30N4O3/c1-15(26)22-21-13-24(16(2)27)11-10-18(21)20(17-8-6-5-7-9-17)25(14-21)12-19(28)23(3)4/h5-9,18,20H,10-14H2,1-4H3,(H,22,26)/t18-,20-,21-/m1/s1. The summed E-state index contributed by atoms with van der Waals surface area (Å²) in [5.41, 5.74) is 0.589. The average Bonchev–Trinajstić information content (AvgIpc) is 2.93. The first-order chi connectivity index (χ1) is 13.2. The molecule has 0 bridgehead atoms. The van der Waals surface area contributed by atoms with E-state index in [1.807, 2.05) is 23.1 Å². The number of fused-ring (bicyclic) bond motifs is 1. The molecule has 2 fully saturated rings. The van der Waals surface area contributed by atoms with Crippen LogP contribution in [0.15, 0.2) is 30.3 Å². The maximum absolute atomic E-state index is 12.5. The Bertz CT molecular complexity index is 751. The number of hydrogen-bond donors (Lipinski definition) is 1. The fourth-order valence-corrected chi connectivity index (χ4v) is 4.80. The van der Waals surface area contributed by atoms with E-state index in [9.17, 15) is 14.4 Å². The lowest BCUT2D eigenvalue weighted by Gasteiger charge is -2.45. The lowest BCUT2D eigenvalue weighted by molar-refractivity contribution is -0.134. The van der Waals surface area contributed by atoms with Crippen LogP contribution in [0.1, 0.15) is 31.9 Å². The van der Waals surface area contributed by atoms with Crippen LogP contribution in [0.25, 0.3) is 0 Å². The number of hydrogen-bond acceptors (Lipinski definition) is 4. The first kappa shape index (κ1) is 20.3. The van der Waals surface area contributed by atoms with E-state index < -0.39 is 5.54 Å². The largest absolute Gasteiger partial charge is 0.348 e. The Balaban J connectivity index is 2.01. The predicted molar refractivity (Wildman–Crippen MR) is 106 cm³/mol. The molecule has 0 unspecified atom stereocenters. The molecule has 7 nitrogen and oxygen atoms in total. The second-order valence-corrected chi connectivity index (χ2v) is 8.22. The molecule has 1 aromatic carbocycles. The Hall–Kier alpha value is -2.41. The topological polar surface area (TPSA) is 73.0 Å². The molecule has 2 heterocycles. The van der Waals surface area contributed by atoms with E-state index in [0.29, 0.717) is 19.6 Å². The third-order valence-electron chi connectivity index (χ3n) is 6.00. The van der Waals surface area contributed by atoms with Gasteiger partial charge >= 0.3 is 0 Å². The van der Waals surface area contributed by atoms with E-state index in [1.54, 1.807) is 25.9 Å². The fourth-order valence-electron chi connectivity index (χ4n) is 4.80. The predicted octanol–water partition coefficient (Wildman–Crippen LogP) is 0.875. The molecule has 0 aromatic heterocycles. The molecule has 152 valence electrons. The zero-order valence-corrected chi connectivity index (χ0v) is 17.1. The van der Waals surface area contributed by atoms with Crippen molar-refractivity contribution in [3.63, 3.8) is 0 Å². The molecule has 2 aliphatic rings. The summed E-state index contributed by atoms with van der Waals surface area (Å²) in [6, 6.07) is 10.2. The Morgan fingerprint density at radius 3 is 2.39 bits per heavy atom. The van der Waals surface area contributed by atoms with Gasteiger partial charge in [-0.3, -0.25) is 19.3 Å². The summed E-state index contributed by atoms with van der Waals surface area (Å²) >= 11 is 0. The summed E-state index contributed by atoms with van der Waals surface area (Å²) < 4.78 is 0. The van der Waals surface area contributed by atoms with Gasteiger partial charge in [0, 0.05) is 59.5 Å². The summed E-state index contributed by atoms with van der Waals surface area (Å²) in [5.74, 6) is 0.0654. The van der Waals surface area contributed by atoms with Gasteiger partial charge in [0.2, 0.25) is 17.7 Å². The molecular weight excluding hydrogens is 356 g/mol. The zero-order chi connectivity index (χ0) is 20.5. The Morgan fingerprint density at radius 2 is 1.82 bits per heavy atom. The molecule has 0 spiro atoms. The van der Waals surface area contributed by atoms with E-state index in [1.165, 1.54) is 6.92 Å². The van der Waals surface area contributed by atoms with Gasteiger partial charge in [-0.1, -0.05) is 30.3 Å². The van der Waals surface area contributed by atoms with Crippen LogP contribution in [-0.2, 0) is 14.4 Å². The highest BCUT2D eigenvalue weighted by atomic mass is 16.2. The van der Waals surface area contributed by atoms with Crippen LogP contribution in [0.2, 0.25) is 0 Å². The Labute approximate surface area is 166 Å². The van der Waals surface area contributed by atoms with Gasteiger partial charge in [-0.2, -0.15) is 0 Å². The van der Waals surface area contributed by atoms with Gasteiger partial charge in [0.15, 0.2) is 0 Å². The molecule has 0 aliphatic carbocycles. The lowest BCUT2D eigenvalue weighted by Crippen LogP contribution is -2.64. The number of likely N-dealkylation sites (tertiary alicyclic amines) is 2. The zero-order valence-electron chi connectivity index (χ0n) is 17.1. The highest BCUT2D eigenvalue weighted by Gasteiger charge is 2.56. The monoisotopic (exact) mass is 386 g/mol. The highest BCUT2D eigenvalue weighted by molar-refractivity contribution is 5.78. The first-order valence-corrected chi connectivity index (χ1v) is 9.77. The van der Waals surface area contributed by atoms with E-state index in [4.69, 9.17) is 0 Å². The van der Waals surface area contributed by atoms with Crippen LogP contribution < -0.4 is 5.32 Å². The molecule has 0 radical (unpaired) electrons. The van der Waals surface area contributed by atoms with Crippen molar-refractivity contribution in [2.45, 2.75) is 31.8 Å². The molecule has 7 heteroatoms. The average molecular weight is 386 g/mol. The highest BCUT2D eigenvalue weighted by Crippen LogP contribution is 2.47. The van der Waals surface area contributed by atoms with Crippen molar-refractivity contribution in [2.24, 2.45) is 5.92 Å². The lowest BCUT2D eigenvalue weighted by atomic mass is 9.75. The summed E-state index contributed by atoms with van der Waals surface area (Å²) in [6.45, 7) is 5.05. The quantitative estimate of drug-likeness (QED) is 0.834. The number of nitrogens with zero attached hydrogens (tertiary/aromatic N) is 3. The molecule has 0 saturated carbocycles. The van der Waals surface area contributed by atoms with Crippen molar-refractivity contribution in [2.75, 3.05) is 40.3 Å². The van der Waals surface area contributed by atoms with E-state index in [0.717, 1.165) is 12.0 Å². The Kier molecular flexibility index (Phi) is 5.74. The van der Waals surface area contributed by atoms with Gasteiger partial charge in [0.25, 0.3) is 0 Å². The van der Waals surface area contributed by atoms with Crippen LogP contribution in [0.5, 0.6) is 0 Å². The van der Waals surface area contributed by atoms with E-state index in [-0.39, 0.29) is 36.2 Å². The number of amides is 3. The van der Waals surface area contributed by atoms with Crippen LogP contribution in [-0.4, -0.2) is 78.2 Å². The SMILES string of the molecule is CC(=O)N[C@@]12CN(C(C)=O)CC[C@@H]1[C@@H](c1ccccc1)N(CC(=O)N(C)C)C2. The van der Waals surface area contributed by atoms with Gasteiger partial charge < -0.3 is 15.1 Å². The smallest absolute Gasteiger partial charge is 0.236 e. The van der Waals surface area contributed by atoms with Crippen molar-refractivity contribution >= 4 is 17.7 Å². The minimum Gasteiger partial charge on any atom is -0.348 e. The number of piperidine rings is 1. The second-order valence-electron chi connectivity index (χ2n) is 8.22. The van der Waals surface area contributed by atoms with Crippen molar-refractivity contribution in [3.8, 4) is 0 Å². The van der Waals surface area contributed by atoms with Gasteiger partial charge in [0.05, 0.1) is 12.1 Å². The minimum absolute atomic E-state index is 0.0160. The number of rotatable bonds is 4. The van der Waals surface area contributed by atoms with Crippen molar-refractivity contribution in [1.29, 1.82) is 0 Å². The molecule has 1 aromatic rings. The normalized spacial score (nSPS) is 27.2. The van der Waals surface area contributed by atoms with Crippen molar-refractivity contribution in [1.82, 2.24) is 20.0 Å². The number of nitrogens with one attached hydrogen (secondary N) is 1. The van der Waals surface area contributed by atoms with Gasteiger partial charge in [-0.15, -0.1) is 0 Å². The maximum Gasteiger partial charge on any atom is 0.236 e. The number of carbonyl (C=O) groups is 3. The molecule has 3 rings (SSSR count). The molecule has 3 atom stereocenters. The van der Waals surface area contributed by atoms with Crippen LogP contribution in [0, 0.1) is 5.92 Å². The van der Waals surface area contributed by atoms with Gasteiger partial charge in [0.1, 0.15) is 0 Å². The third-order valence-corrected chi connectivity index (χ3v) is 6.00. The van der Waals surface area contributed by atoms with Gasteiger partial charge in [-0.05, 0) is 12.0 Å². The van der Waals surface area contributed by atoms with Crippen molar-refractivity contribution < 1.29 is 14.4 Å². The van der Waals surface area contributed by atoms with Crippen LogP contribution in [0.3, 0.4) is 0 Å². The Morgan fingerprint density at radius 1 is 1.14 bits per heavy atom. The molecule has 2 saturated heterocycles. The molecule has 2 aliphatic heterocycles. The molecule has 1 N–H and O–H groups in total. The third kappa shape index (κ3) is 3.90. The number of likely N-dealkylation sites (N-methyl/N-ethyl adjacent to an activating group) is 1.